The molecule has 2 aromatic rings. The fourth-order valence-electron chi connectivity index (χ4n) is 2.55. The van der Waals surface area contributed by atoms with E-state index < -0.39 is 0 Å². The average molecular weight is 273 g/mol. The molecule has 1 amide bonds. The number of rotatable bonds is 3. The molecule has 2 N–H and O–H groups in total. The van der Waals surface area contributed by atoms with Gasteiger partial charge in [-0.05, 0) is 18.2 Å². The lowest BCUT2D eigenvalue weighted by Gasteiger charge is -2.23. The summed E-state index contributed by atoms with van der Waals surface area (Å²) in [6.07, 6.45) is 2.03. The molecule has 5 nitrogen and oxygen atoms in total. The highest BCUT2D eigenvalue weighted by Gasteiger charge is 2.16. The summed E-state index contributed by atoms with van der Waals surface area (Å²) in [6, 6.07) is 7.76. The van der Waals surface area contributed by atoms with Crippen LogP contribution in [0.25, 0.3) is 10.9 Å². The Morgan fingerprint density at radius 3 is 3.20 bits per heavy atom. The van der Waals surface area contributed by atoms with E-state index in [-0.39, 0.29) is 12.0 Å². The summed E-state index contributed by atoms with van der Waals surface area (Å²) < 4.78 is 7.59. The van der Waals surface area contributed by atoms with E-state index in [1.54, 1.807) is 0 Å². The van der Waals surface area contributed by atoms with Crippen molar-refractivity contribution in [2.45, 2.75) is 6.10 Å². The first-order valence-corrected chi connectivity index (χ1v) is 6.90. The number of amides is 1. The third-order valence-corrected chi connectivity index (χ3v) is 3.67. The number of carbonyl (C=O) groups is 1. The van der Waals surface area contributed by atoms with Crippen LogP contribution in [0.4, 0.5) is 0 Å². The molecule has 1 aliphatic rings. The summed E-state index contributed by atoms with van der Waals surface area (Å²) in [6.45, 7) is 2.91. The van der Waals surface area contributed by atoms with Gasteiger partial charge < -0.3 is 19.9 Å². The van der Waals surface area contributed by atoms with Crippen molar-refractivity contribution in [1.82, 2.24) is 15.2 Å². The number of nitrogens with zero attached hydrogens (tertiary/aromatic N) is 1. The maximum atomic E-state index is 12.3. The Hall–Kier alpha value is -1.85. The summed E-state index contributed by atoms with van der Waals surface area (Å²) >= 11 is 0. The molecule has 2 heterocycles. The van der Waals surface area contributed by atoms with Crippen molar-refractivity contribution in [1.29, 1.82) is 0 Å². The number of hydrogen-bond donors (Lipinski definition) is 2. The SMILES string of the molecule is Cn1ccc2c(C(=O)NCC3CNCCO3)cccc21. The van der Waals surface area contributed by atoms with E-state index in [0.717, 1.165) is 24.0 Å². The minimum Gasteiger partial charge on any atom is -0.374 e. The molecule has 0 spiro atoms. The quantitative estimate of drug-likeness (QED) is 0.873. The standard InChI is InChI=1S/C15H19N3O2/c1-18-7-5-12-13(3-2-4-14(12)18)15(19)17-10-11-9-16-6-8-20-11/h2-5,7,11,16H,6,8-10H2,1H3,(H,17,19). The van der Waals surface area contributed by atoms with Gasteiger partial charge in [0.2, 0.25) is 0 Å². The van der Waals surface area contributed by atoms with E-state index in [0.29, 0.717) is 18.7 Å². The third-order valence-electron chi connectivity index (χ3n) is 3.67. The van der Waals surface area contributed by atoms with E-state index >= 15 is 0 Å². The lowest BCUT2D eigenvalue weighted by Crippen LogP contribution is -2.45. The van der Waals surface area contributed by atoms with Crippen LogP contribution in [0.1, 0.15) is 10.4 Å². The van der Waals surface area contributed by atoms with Crippen molar-refractivity contribution in [3.8, 4) is 0 Å². The minimum atomic E-state index is -0.0454. The molecule has 0 bridgehead atoms. The van der Waals surface area contributed by atoms with E-state index in [1.165, 1.54) is 0 Å². The maximum absolute atomic E-state index is 12.3. The normalized spacial score (nSPS) is 19.1. The molecule has 20 heavy (non-hydrogen) atoms. The number of carbonyl (C=O) groups excluding carboxylic acids is 1. The van der Waals surface area contributed by atoms with Crippen LogP contribution >= 0.6 is 0 Å². The topological polar surface area (TPSA) is 55.3 Å². The first kappa shape index (κ1) is 13.1. The third kappa shape index (κ3) is 2.55. The van der Waals surface area contributed by atoms with Crippen molar-refractivity contribution in [2.75, 3.05) is 26.2 Å². The van der Waals surface area contributed by atoms with Gasteiger partial charge in [-0.3, -0.25) is 4.79 Å². The van der Waals surface area contributed by atoms with Crippen molar-refractivity contribution in [3.05, 3.63) is 36.0 Å². The second-order valence-corrected chi connectivity index (χ2v) is 5.07. The van der Waals surface area contributed by atoms with Crippen LogP contribution in [0.5, 0.6) is 0 Å². The maximum Gasteiger partial charge on any atom is 0.252 e. The minimum absolute atomic E-state index is 0.0454. The Balaban J connectivity index is 1.72. The molecule has 5 heteroatoms. The monoisotopic (exact) mass is 273 g/mol. The van der Waals surface area contributed by atoms with Gasteiger partial charge in [-0.15, -0.1) is 0 Å². The highest BCUT2D eigenvalue weighted by atomic mass is 16.5. The molecule has 0 saturated carbocycles. The first-order chi connectivity index (χ1) is 9.75. The Bertz CT molecular complexity index is 615. The predicted octanol–water partition coefficient (Wildman–Crippen LogP) is 0.896. The molecule has 0 aliphatic carbocycles. The summed E-state index contributed by atoms with van der Waals surface area (Å²) in [7, 11) is 1.98. The number of aromatic nitrogens is 1. The average Bonchev–Trinajstić information content (AvgIpc) is 2.87. The molecule has 1 saturated heterocycles. The van der Waals surface area contributed by atoms with E-state index in [1.807, 2.05) is 42.1 Å². The molecule has 1 fully saturated rings. The van der Waals surface area contributed by atoms with Crippen LogP contribution in [-0.4, -0.2) is 42.8 Å². The summed E-state index contributed by atoms with van der Waals surface area (Å²) in [4.78, 5) is 12.3. The first-order valence-electron chi connectivity index (χ1n) is 6.90. The highest BCUT2D eigenvalue weighted by Crippen LogP contribution is 2.19. The van der Waals surface area contributed by atoms with Crippen LogP contribution < -0.4 is 10.6 Å². The van der Waals surface area contributed by atoms with Gasteiger partial charge in [0, 0.05) is 49.3 Å². The van der Waals surface area contributed by atoms with Crippen molar-refractivity contribution >= 4 is 16.8 Å². The second-order valence-electron chi connectivity index (χ2n) is 5.07. The second kappa shape index (κ2) is 5.64. The van der Waals surface area contributed by atoms with Gasteiger partial charge in [-0.25, -0.2) is 0 Å². The Labute approximate surface area is 117 Å². The molecule has 1 aromatic heterocycles. The van der Waals surface area contributed by atoms with Gasteiger partial charge in [0.25, 0.3) is 5.91 Å². The van der Waals surface area contributed by atoms with Gasteiger partial charge in [0.05, 0.1) is 12.7 Å². The van der Waals surface area contributed by atoms with E-state index in [2.05, 4.69) is 10.6 Å². The van der Waals surface area contributed by atoms with Crippen LogP contribution in [0, 0.1) is 0 Å². The Kier molecular flexibility index (Phi) is 3.71. The van der Waals surface area contributed by atoms with Gasteiger partial charge in [-0.2, -0.15) is 0 Å². The van der Waals surface area contributed by atoms with Crippen molar-refractivity contribution < 1.29 is 9.53 Å². The van der Waals surface area contributed by atoms with Gasteiger partial charge in [0.1, 0.15) is 0 Å². The van der Waals surface area contributed by atoms with Gasteiger partial charge >= 0.3 is 0 Å². The van der Waals surface area contributed by atoms with Crippen molar-refractivity contribution in [2.24, 2.45) is 7.05 Å². The zero-order chi connectivity index (χ0) is 13.9. The van der Waals surface area contributed by atoms with Crippen LogP contribution in [0.3, 0.4) is 0 Å². The molecule has 0 radical (unpaired) electrons. The van der Waals surface area contributed by atoms with Crippen molar-refractivity contribution in [3.63, 3.8) is 0 Å². The number of hydrogen-bond acceptors (Lipinski definition) is 3. The largest absolute Gasteiger partial charge is 0.374 e. The smallest absolute Gasteiger partial charge is 0.252 e. The van der Waals surface area contributed by atoms with Crippen LogP contribution in [0.2, 0.25) is 0 Å². The van der Waals surface area contributed by atoms with E-state index in [4.69, 9.17) is 4.74 Å². The van der Waals surface area contributed by atoms with Crippen LogP contribution in [0.15, 0.2) is 30.5 Å². The van der Waals surface area contributed by atoms with Gasteiger partial charge in [-0.1, -0.05) is 6.07 Å². The molecule has 1 aromatic carbocycles. The fraction of sp³-hybridized carbons (Fsp3) is 0.400. The predicted molar refractivity (Wildman–Crippen MR) is 77.9 cm³/mol. The molecule has 106 valence electrons. The fourth-order valence-corrected chi connectivity index (χ4v) is 2.55. The van der Waals surface area contributed by atoms with Crippen LogP contribution in [-0.2, 0) is 11.8 Å². The van der Waals surface area contributed by atoms with Gasteiger partial charge in [0.15, 0.2) is 0 Å². The summed E-state index contributed by atoms with van der Waals surface area (Å²) in [5.41, 5.74) is 1.78. The molecule has 1 aliphatic heterocycles. The molecule has 1 atom stereocenters. The molecular formula is C15H19N3O2. The number of benzene rings is 1. The summed E-state index contributed by atoms with van der Waals surface area (Å²) in [5.74, 6) is -0.0454. The molecule has 3 rings (SSSR count). The number of nitrogens with one attached hydrogen (secondary N) is 2. The Morgan fingerprint density at radius 1 is 1.50 bits per heavy atom. The highest BCUT2D eigenvalue weighted by molar-refractivity contribution is 6.06. The zero-order valence-electron chi connectivity index (χ0n) is 11.6. The number of ether oxygens (including phenoxy) is 1. The number of aryl methyl sites for hydroxylation is 1. The Morgan fingerprint density at radius 2 is 2.40 bits per heavy atom. The lowest BCUT2D eigenvalue weighted by molar-refractivity contribution is 0.0287. The molecule has 1 unspecified atom stereocenters. The van der Waals surface area contributed by atoms with E-state index in [9.17, 15) is 4.79 Å². The number of fused-ring (bicyclic) bond motifs is 1. The number of morpholine rings is 1. The lowest BCUT2D eigenvalue weighted by atomic mass is 10.1. The zero-order valence-corrected chi connectivity index (χ0v) is 11.6. The summed E-state index contributed by atoms with van der Waals surface area (Å²) in [5, 5.41) is 7.19. The molecular weight excluding hydrogens is 254 g/mol.